The summed E-state index contributed by atoms with van der Waals surface area (Å²) in [5.74, 6) is 0.101. The number of esters is 1. The number of carbonyl (C=O) groups excluding carboxylic acids is 1. The van der Waals surface area contributed by atoms with Crippen molar-refractivity contribution in [3.63, 3.8) is 0 Å². The smallest absolute Gasteiger partial charge is 0.311 e. The number of benzene rings is 2. The van der Waals surface area contributed by atoms with Crippen LogP contribution in [0.3, 0.4) is 0 Å². The lowest BCUT2D eigenvalue weighted by Crippen LogP contribution is -2.48. The summed E-state index contributed by atoms with van der Waals surface area (Å²) in [6.45, 7) is 2.53. The molecule has 0 saturated carbocycles. The maximum Gasteiger partial charge on any atom is 0.311 e. The number of piperidine rings is 1. The number of hydrogen-bond donors (Lipinski definition) is 1. The molecule has 0 spiro atoms. The van der Waals surface area contributed by atoms with Crippen molar-refractivity contribution < 1.29 is 9.53 Å². The fourth-order valence-corrected chi connectivity index (χ4v) is 4.55. The van der Waals surface area contributed by atoms with Crippen molar-refractivity contribution in [1.29, 1.82) is 0 Å². The molecule has 2 aliphatic heterocycles. The van der Waals surface area contributed by atoms with Gasteiger partial charge in [-0.3, -0.25) is 4.79 Å². The molecule has 26 heavy (non-hydrogen) atoms. The lowest BCUT2D eigenvalue weighted by Gasteiger charge is -2.36. The van der Waals surface area contributed by atoms with Gasteiger partial charge in [0.15, 0.2) is 0 Å². The van der Waals surface area contributed by atoms with Gasteiger partial charge in [0.25, 0.3) is 0 Å². The van der Waals surface area contributed by atoms with Crippen LogP contribution in [0.4, 0.5) is 0 Å². The molecule has 2 heterocycles. The number of aryl methyl sites for hydroxylation is 1. The molecule has 1 N–H and O–H groups in total. The predicted octanol–water partition coefficient (Wildman–Crippen LogP) is 4.22. The maximum absolute atomic E-state index is 13.0. The zero-order valence-corrected chi connectivity index (χ0v) is 15.4. The summed E-state index contributed by atoms with van der Waals surface area (Å²) >= 11 is 0. The molecule has 2 aromatic carbocycles. The summed E-state index contributed by atoms with van der Waals surface area (Å²) in [5, 5.41) is 3.64. The Morgan fingerprint density at radius 1 is 1.04 bits per heavy atom. The Bertz CT molecular complexity index is 741. The molecular formula is C23H27NO2. The molecule has 2 aromatic rings. The standard InChI is InChI=1S/C23H27NO2/c1-2-16-8-10-18(11-9-16)20-14-19-12-13-21(24-19)22(20)23(25)26-15-17-6-4-3-5-7-17/h3-11,19-22,24H,2,12-15H2,1H3/t19?,20-,21?,22?/m1/s1. The van der Waals surface area contributed by atoms with Crippen LogP contribution >= 0.6 is 0 Å². The SMILES string of the molecule is CCc1ccc([C@H]2CC3CCC(N3)C2C(=O)OCc2ccccc2)cc1. The van der Waals surface area contributed by atoms with Crippen LogP contribution in [0.15, 0.2) is 54.6 Å². The zero-order valence-electron chi connectivity index (χ0n) is 15.4. The van der Waals surface area contributed by atoms with E-state index in [0.29, 0.717) is 12.6 Å². The van der Waals surface area contributed by atoms with Crippen molar-refractivity contribution in [3.8, 4) is 0 Å². The normalized spacial score (nSPS) is 27.3. The molecule has 2 bridgehead atoms. The van der Waals surface area contributed by atoms with Gasteiger partial charge in [-0.05, 0) is 42.4 Å². The molecule has 0 amide bonds. The molecule has 0 aliphatic carbocycles. The molecule has 0 radical (unpaired) electrons. The Balaban J connectivity index is 1.52. The number of fused-ring (bicyclic) bond motifs is 2. The first-order valence-electron chi connectivity index (χ1n) is 9.80. The lowest BCUT2D eigenvalue weighted by atomic mass is 9.77. The molecule has 2 saturated heterocycles. The van der Waals surface area contributed by atoms with Crippen LogP contribution in [0.25, 0.3) is 0 Å². The second-order valence-electron chi connectivity index (χ2n) is 7.60. The highest BCUT2D eigenvalue weighted by Gasteiger charge is 2.46. The first kappa shape index (κ1) is 17.3. The van der Waals surface area contributed by atoms with E-state index in [1.807, 2.05) is 30.3 Å². The molecule has 2 aliphatic rings. The number of rotatable bonds is 5. The summed E-state index contributed by atoms with van der Waals surface area (Å²) in [7, 11) is 0. The molecule has 3 heteroatoms. The third kappa shape index (κ3) is 3.54. The maximum atomic E-state index is 13.0. The minimum absolute atomic E-state index is 0.0590. The fraction of sp³-hybridized carbons (Fsp3) is 0.435. The van der Waals surface area contributed by atoms with Gasteiger partial charge in [-0.25, -0.2) is 0 Å². The Labute approximate surface area is 155 Å². The molecule has 136 valence electrons. The number of hydrogen-bond acceptors (Lipinski definition) is 3. The molecule has 3 unspecified atom stereocenters. The fourth-order valence-electron chi connectivity index (χ4n) is 4.55. The van der Waals surface area contributed by atoms with Crippen LogP contribution in [-0.2, 0) is 22.6 Å². The first-order valence-corrected chi connectivity index (χ1v) is 9.80. The molecule has 4 rings (SSSR count). The van der Waals surface area contributed by atoms with Crippen molar-refractivity contribution in [3.05, 3.63) is 71.3 Å². The van der Waals surface area contributed by atoms with E-state index in [1.165, 1.54) is 11.1 Å². The highest BCUT2D eigenvalue weighted by atomic mass is 16.5. The second-order valence-corrected chi connectivity index (χ2v) is 7.60. The van der Waals surface area contributed by atoms with Crippen LogP contribution in [0.2, 0.25) is 0 Å². The van der Waals surface area contributed by atoms with E-state index in [1.54, 1.807) is 0 Å². The highest BCUT2D eigenvalue weighted by molar-refractivity contribution is 5.75. The lowest BCUT2D eigenvalue weighted by molar-refractivity contribution is -0.152. The van der Waals surface area contributed by atoms with Crippen molar-refractivity contribution >= 4 is 5.97 Å². The van der Waals surface area contributed by atoms with Gasteiger partial charge >= 0.3 is 5.97 Å². The topological polar surface area (TPSA) is 38.3 Å². The van der Waals surface area contributed by atoms with E-state index in [2.05, 4.69) is 36.5 Å². The molecule has 3 nitrogen and oxygen atoms in total. The molecular weight excluding hydrogens is 322 g/mol. The zero-order chi connectivity index (χ0) is 17.9. The average Bonchev–Trinajstić information content (AvgIpc) is 3.07. The quantitative estimate of drug-likeness (QED) is 0.822. The van der Waals surface area contributed by atoms with E-state index in [-0.39, 0.29) is 23.8 Å². The summed E-state index contributed by atoms with van der Waals surface area (Å²) in [6.07, 6.45) is 4.30. The number of nitrogens with one attached hydrogen (secondary N) is 1. The van der Waals surface area contributed by atoms with Gasteiger partial charge in [-0.15, -0.1) is 0 Å². The van der Waals surface area contributed by atoms with Crippen molar-refractivity contribution in [2.45, 2.75) is 57.2 Å². The largest absolute Gasteiger partial charge is 0.461 e. The van der Waals surface area contributed by atoms with Gasteiger partial charge < -0.3 is 10.1 Å². The second kappa shape index (κ2) is 7.63. The van der Waals surface area contributed by atoms with Gasteiger partial charge in [0.05, 0.1) is 5.92 Å². The first-order chi connectivity index (χ1) is 12.7. The minimum Gasteiger partial charge on any atom is -0.461 e. The van der Waals surface area contributed by atoms with Crippen LogP contribution in [0, 0.1) is 5.92 Å². The summed E-state index contributed by atoms with van der Waals surface area (Å²) in [5.41, 5.74) is 3.66. The molecule has 4 atom stereocenters. The highest BCUT2D eigenvalue weighted by Crippen LogP contribution is 2.42. The Morgan fingerprint density at radius 3 is 2.54 bits per heavy atom. The summed E-state index contributed by atoms with van der Waals surface area (Å²) < 4.78 is 5.74. The van der Waals surface area contributed by atoms with Crippen LogP contribution in [0.5, 0.6) is 0 Å². The average molecular weight is 349 g/mol. The van der Waals surface area contributed by atoms with Gasteiger partial charge in [0, 0.05) is 18.0 Å². The van der Waals surface area contributed by atoms with E-state index in [0.717, 1.165) is 31.2 Å². The van der Waals surface area contributed by atoms with Crippen molar-refractivity contribution in [2.24, 2.45) is 5.92 Å². The minimum atomic E-state index is -0.0926. The Morgan fingerprint density at radius 2 is 1.81 bits per heavy atom. The molecule has 2 fully saturated rings. The third-order valence-electron chi connectivity index (χ3n) is 5.99. The molecule has 0 aromatic heterocycles. The van der Waals surface area contributed by atoms with Gasteiger partial charge in [-0.1, -0.05) is 61.5 Å². The van der Waals surface area contributed by atoms with Crippen molar-refractivity contribution in [1.82, 2.24) is 5.32 Å². The van der Waals surface area contributed by atoms with Crippen molar-refractivity contribution in [2.75, 3.05) is 0 Å². The number of ether oxygens (including phenoxy) is 1. The van der Waals surface area contributed by atoms with Crippen LogP contribution in [0.1, 0.15) is 48.8 Å². The summed E-state index contributed by atoms with van der Waals surface area (Å²) in [6, 6.07) is 19.5. The third-order valence-corrected chi connectivity index (χ3v) is 5.99. The monoisotopic (exact) mass is 349 g/mol. The van der Waals surface area contributed by atoms with Crippen LogP contribution in [-0.4, -0.2) is 18.1 Å². The van der Waals surface area contributed by atoms with Gasteiger partial charge in [0.1, 0.15) is 6.61 Å². The Kier molecular flexibility index (Phi) is 5.07. The van der Waals surface area contributed by atoms with E-state index in [9.17, 15) is 4.79 Å². The van der Waals surface area contributed by atoms with Crippen LogP contribution < -0.4 is 5.32 Å². The van der Waals surface area contributed by atoms with E-state index >= 15 is 0 Å². The van der Waals surface area contributed by atoms with Gasteiger partial charge in [0.2, 0.25) is 0 Å². The van der Waals surface area contributed by atoms with Gasteiger partial charge in [-0.2, -0.15) is 0 Å². The Hall–Kier alpha value is -2.13. The van der Waals surface area contributed by atoms with E-state index in [4.69, 9.17) is 4.74 Å². The van der Waals surface area contributed by atoms with E-state index < -0.39 is 0 Å². The number of carbonyl (C=O) groups is 1. The summed E-state index contributed by atoms with van der Waals surface area (Å²) in [4.78, 5) is 13.0. The predicted molar refractivity (Wildman–Crippen MR) is 103 cm³/mol.